The van der Waals surface area contributed by atoms with Crippen LogP contribution in [0.15, 0.2) is 17.3 Å². The molecule has 8 nitrogen and oxygen atoms in total. The Labute approximate surface area is 147 Å². The van der Waals surface area contributed by atoms with Crippen molar-refractivity contribution in [2.45, 2.75) is 44.7 Å². The molecule has 0 N–H and O–H groups in total. The first-order chi connectivity index (χ1) is 11.8. The highest BCUT2D eigenvalue weighted by Crippen LogP contribution is 2.23. The van der Waals surface area contributed by atoms with Crippen molar-refractivity contribution in [3.63, 3.8) is 0 Å². The normalized spacial score (nSPS) is 19.1. The van der Waals surface area contributed by atoms with Crippen molar-refractivity contribution in [2.24, 2.45) is 7.05 Å². The van der Waals surface area contributed by atoms with Crippen LogP contribution in [-0.2, 0) is 17.1 Å². The first kappa shape index (κ1) is 17.8. The smallest absolute Gasteiger partial charge is 0.262 e. The van der Waals surface area contributed by atoms with Gasteiger partial charge in [0.15, 0.2) is 5.03 Å². The summed E-state index contributed by atoms with van der Waals surface area (Å²) in [6.45, 7) is 6.23. The molecule has 1 saturated heterocycles. The van der Waals surface area contributed by atoms with E-state index in [2.05, 4.69) is 15.0 Å². The predicted octanol–water partition coefficient (Wildman–Crippen LogP) is 1.37. The average Bonchev–Trinajstić information content (AvgIpc) is 2.87. The molecule has 136 valence electrons. The van der Waals surface area contributed by atoms with Gasteiger partial charge in [0.05, 0.1) is 6.54 Å². The van der Waals surface area contributed by atoms with Gasteiger partial charge in [0.25, 0.3) is 10.0 Å². The van der Waals surface area contributed by atoms with Crippen molar-refractivity contribution in [1.29, 1.82) is 0 Å². The zero-order chi connectivity index (χ0) is 18.2. The van der Waals surface area contributed by atoms with Crippen molar-refractivity contribution in [3.05, 3.63) is 29.6 Å². The number of hydrogen-bond acceptors (Lipinski definition) is 6. The molecule has 9 heteroatoms. The third-order valence-electron chi connectivity index (χ3n) is 4.26. The van der Waals surface area contributed by atoms with Crippen LogP contribution in [0.5, 0.6) is 5.88 Å². The third-order valence-corrected chi connectivity index (χ3v) is 6.00. The molecule has 3 rings (SSSR count). The summed E-state index contributed by atoms with van der Waals surface area (Å²) < 4.78 is 34.7. The Morgan fingerprint density at radius 3 is 2.60 bits per heavy atom. The first-order valence-corrected chi connectivity index (χ1v) is 9.69. The molecule has 0 saturated carbocycles. The molecule has 1 atom stereocenters. The maximum absolute atomic E-state index is 12.8. The van der Waals surface area contributed by atoms with Crippen LogP contribution in [0, 0.1) is 20.8 Å². The van der Waals surface area contributed by atoms with E-state index in [1.165, 1.54) is 4.31 Å². The lowest BCUT2D eigenvalue weighted by Crippen LogP contribution is -2.44. The van der Waals surface area contributed by atoms with Crippen LogP contribution in [0.4, 0.5) is 0 Å². The van der Waals surface area contributed by atoms with E-state index >= 15 is 0 Å². The molecular weight excluding hydrogens is 342 g/mol. The Morgan fingerprint density at radius 2 is 1.96 bits per heavy atom. The third kappa shape index (κ3) is 3.82. The summed E-state index contributed by atoms with van der Waals surface area (Å²) in [4.78, 5) is 12.7. The number of rotatable bonds is 4. The van der Waals surface area contributed by atoms with Gasteiger partial charge >= 0.3 is 0 Å². The van der Waals surface area contributed by atoms with E-state index < -0.39 is 10.0 Å². The Bertz CT molecular complexity index is 838. The summed E-state index contributed by atoms with van der Waals surface area (Å²) in [7, 11) is -1.84. The molecule has 0 bridgehead atoms. The van der Waals surface area contributed by atoms with Crippen LogP contribution in [0.2, 0.25) is 0 Å². The fraction of sp³-hybridized carbons (Fsp3) is 0.562. The lowest BCUT2D eigenvalue weighted by atomic mass is 10.1. The van der Waals surface area contributed by atoms with Gasteiger partial charge in [0.1, 0.15) is 17.8 Å². The second-order valence-corrected chi connectivity index (χ2v) is 8.26. The fourth-order valence-corrected chi connectivity index (χ4v) is 4.45. The Kier molecular flexibility index (Phi) is 4.79. The number of ether oxygens (including phenoxy) is 1. The van der Waals surface area contributed by atoms with E-state index in [4.69, 9.17) is 4.74 Å². The molecule has 1 fully saturated rings. The predicted molar refractivity (Wildman–Crippen MR) is 91.9 cm³/mol. The van der Waals surface area contributed by atoms with Crippen molar-refractivity contribution < 1.29 is 13.2 Å². The summed E-state index contributed by atoms with van der Waals surface area (Å²) in [5.41, 5.74) is 0.826. The number of hydrogen-bond donors (Lipinski definition) is 0. The number of sulfonamides is 1. The van der Waals surface area contributed by atoms with Crippen molar-refractivity contribution >= 4 is 10.0 Å². The van der Waals surface area contributed by atoms with E-state index in [0.29, 0.717) is 30.6 Å². The molecule has 25 heavy (non-hydrogen) atoms. The van der Waals surface area contributed by atoms with Crippen molar-refractivity contribution in [1.82, 2.24) is 23.8 Å². The highest BCUT2D eigenvalue weighted by Gasteiger charge is 2.33. The summed E-state index contributed by atoms with van der Waals surface area (Å²) in [6.07, 6.45) is 2.84. The molecule has 0 aliphatic carbocycles. The quantitative estimate of drug-likeness (QED) is 0.813. The van der Waals surface area contributed by atoms with Crippen LogP contribution in [0.3, 0.4) is 0 Å². The molecule has 2 aromatic rings. The van der Waals surface area contributed by atoms with Crippen LogP contribution in [-0.4, -0.2) is 51.4 Å². The summed E-state index contributed by atoms with van der Waals surface area (Å²) in [5, 5.41) is 0.0851. The monoisotopic (exact) mass is 365 g/mol. The van der Waals surface area contributed by atoms with Gasteiger partial charge in [-0.3, -0.25) is 0 Å². The molecule has 0 radical (unpaired) electrons. The standard InChI is InChI=1S/C16H23N5O3S/c1-11-8-15(18-12(2)17-11)24-14-6-5-7-21(9-14)25(22,23)16-10-20(4)13(3)19-16/h8,10,14H,5-7,9H2,1-4H3. The van der Waals surface area contributed by atoms with Crippen LogP contribution >= 0.6 is 0 Å². The number of aromatic nitrogens is 4. The minimum Gasteiger partial charge on any atom is -0.473 e. The molecular formula is C16H23N5O3S. The molecule has 2 aromatic heterocycles. The second-order valence-electron chi connectivity index (χ2n) is 6.38. The highest BCUT2D eigenvalue weighted by molar-refractivity contribution is 7.89. The first-order valence-electron chi connectivity index (χ1n) is 8.25. The number of aryl methyl sites for hydroxylation is 4. The van der Waals surface area contributed by atoms with Gasteiger partial charge in [-0.25, -0.2) is 18.4 Å². The average molecular weight is 365 g/mol. The van der Waals surface area contributed by atoms with E-state index in [9.17, 15) is 8.42 Å². The summed E-state index contributed by atoms with van der Waals surface area (Å²) in [5.74, 6) is 1.79. The molecule has 1 unspecified atom stereocenters. The minimum absolute atomic E-state index is 0.0851. The minimum atomic E-state index is -3.62. The van der Waals surface area contributed by atoms with Gasteiger partial charge in [-0.15, -0.1) is 0 Å². The van der Waals surface area contributed by atoms with Gasteiger partial charge in [-0.2, -0.15) is 9.29 Å². The van der Waals surface area contributed by atoms with Crippen LogP contribution < -0.4 is 4.74 Å². The summed E-state index contributed by atoms with van der Waals surface area (Å²) >= 11 is 0. The Balaban J connectivity index is 1.76. The lowest BCUT2D eigenvalue weighted by molar-refractivity contribution is 0.124. The molecule has 3 heterocycles. The molecule has 0 amide bonds. The van der Waals surface area contributed by atoms with Crippen molar-refractivity contribution in [3.8, 4) is 5.88 Å². The Hall–Kier alpha value is -2.00. The van der Waals surface area contributed by atoms with Gasteiger partial charge < -0.3 is 9.30 Å². The van der Waals surface area contributed by atoms with E-state index in [0.717, 1.165) is 18.5 Å². The van der Waals surface area contributed by atoms with Crippen LogP contribution in [0.1, 0.15) is 30.2 Å². The fourth-order valence-electron chi connectivity index (χ4n) is 2.92. The number of imidazole rings is 1. The molecule has 1 aliphatic heterocycles. The maximum Gasteiger partial charge on any atom is 0.262 e. The molecule has 1 aliphatic rings. The van der Waals surface area contributed by atoms with Gasteiger partial charge in [-0.05, 0) is 33.6 Å². The second kappa shape index (κ2) is 6.72. The van der Waals surface area contributed by atoms with E-state index in [1.54, 1.807) is 37.7 Å². The van der Waals surface area contributed by atoms with E-state index in [-0.39, 0.29) is 11.1 Å². The van der Waals surface area contributed by atoms with Crippen LogP contribution in [0.25, 0.3) is 0 Å². The summed E-state index contributed by atoms with van der Waals surface area (Å²) in [6, 6.07) is 1.77. The maximum atomic E-state index is 12.8. The zero-order valence-electron chi connectivity index (χ0n) is 14.9. The van der Waals surface area contributed by atoms with Gasteiger partial charge in [-0.1, -0.05) is 0 Å². The highest BCUT2D eigenvalue weighted by atomic mass is 32.2. The van der Waals surface area contributed by atoms with Crippen molar-refractivity contribution in [2.75, 3.05) is 13.1 Å². The van der Waals surface area contributed by atoms with Gasteiger partial charge in [0, 0.05) is 31.5 Å². The SMILES string of the molecule is Cc1cc(OC2CCCN(S(=O)(=O)c3cn(C)c(C)n3)C2)nc(C)n1. The number of nitrogens with zero attached hydrogens (tertiary/aromatic N) is 5. The van der Waals surface area contributed by atoms with Gasteiger partial charge in [0.2, 0.25) is 5.88 Å². The topological polar surface area (TPSA) is 90.2 Å². The molecule has 0 aromatic carbocycles. The number of piperidine rings is 1. The Morgan fingerprint density at radius 1 is 1.20 bits per heavy atom. The zero-order valence-corrected chi connectivity index (χ0v) is 15.7. The molecule has 0 spiro atoms. The largest absolute Gasteiger partial charge is 0.473 e. The lowest BCUT2D eigenvalue weighted by Gasteiger charge is -2.31. The van der Waals surface area contributed by atoms with E-state index in [1.807, 2.05) is 6.92 Å².